The summed E-state index contributed by atoms with van der Waals surface area (Å²) < 4.78 is 34.4. The normalized spacial score (nSPS) is 11.7. The minimum absolute atomic E-state index is 0.238. The predicted octanol–water partition coefficient (Wildman–Crippen LogP) is 8.15. The van der Waals surface area contributed by atoms with Gasteiger partial charge in [-0.05, 0) is 97.2 Å². The van der Waals surface area contributed by atoms with Crippen LogP contribution in [0.2, 0.25) is 0 Å². The smallest absolute Gasteiger partial charge is 0.206 e. The van der Waals surface area contributed by atoms with Gasteiger partial charge in [0.05, 0.1) is 43.6 Å². The SMILES string of the molecule is O=S(=O)(c1ccc(NCn2c(=S)sc3ccccc32)cc1)c1ccc(NCn2c(=S)sc3ccccc32)cc1. The predicted molar refractivity (Wildman–Crippen MR) is 167 cm³/mol. The number of nitrogens with one attached hydrogen (secondary N) is 2. The zero-order valence-electron chi connectivity index (χ0n) is 20.4. The molecule has 4 aromatic carbocycles. The van der Waals surface area contributed by atoms with Crippen molar-refractivity contribution >= 4 is 88.8 Å². The van der Waals surface area contributed by atoms with E-state index in [0.717, 1.165) is 39.7 Å². The first-order chi connectivity index (χ1) is 18.9. The van der Waals surface area contributed by atoms with Gasteiger partial charge in [-0.1, -0.05) is 24.3 Å². The van der Waals surface area contributed by atoms with Gasteiger partial charge in [-0.25, -0.2) is 8.42 Å². The second-order valence-corrected chi connectivity index (χ2v) is 14.1. The first kappa shape index (κ1) is 25.9. The van der Waals surface area contributed by atoms with Crippen LogP contribution in [0.3, 0.4) is 0 Å². The molecule has 196 valence electrons. The molecule has 0 fully saturated rings. The van der Waals surface area contributed by atoms with Gasteiger partial charge in [-0.15, -0.1) is 22.7 Å². The molecule has 0 atom stereocenters. The largest absolute Gasteiger partial charge is 0.367 e. The molecule has 0 aliphatic carbocycles. The van der Waals surface area contributed by atoms with Crippen molar-refractivity contribution in [1.29, 1.82) is 0 Å². The van der Waals surface area contributed by atoms with Gasteiger partial charge in [-0.3, -0.25) is 0 Å². The molecule has 6 aromatic rings. The van der Waals surface area contributed by atoms with E-state index in [-0.39, 0.29) is 9.79 Å². The van der Waals surface area contributed by atoms with E-state index < -0.39 is 9.84 Å². The number of hydrogen-bond acceptors (Lipinski definition) is 8. The Labute approximate surface area is 243 Å². The third-order valence-electron chi connectivity index (χ3n) is 6.36. The van der Waals surface area contributed by atoms with Gasteiger partial charge in [0.2, 0.25) is 9.84 Å². The summed E-state index contributed by atoms with van der Waals surface area (Å²) in [4.78, 5) is 0.477. The number of benzene rings is 4. The molecule has 2 aromatic heterocycles. The van der Waals surface area contributed by atoms with E-state index in [4.69, 9.17) is 24.4 Å². The number of sulfone groups is 1. The van der Waals surface area contributed by atoms with E-state index >= 15 is 0 Å². The fourth-order valence-electron chi connectivity index (χ4n) is 4.31. The Bertz CT molecular complexity index is 1880. The highest BCUT2D eigenvalue weighted by molar-refractivity contribution is 7.91. The van der Waals surface area contributed by atoms with Gasteiger partial charge < -0.3 is 19.8 Å². The molecule has 0 saturated heterocycles. The molecule has 0 unspecified atom stereocenters. The molecule has 0 aliphatic heterocycles. The van der Waals surface area contributed by atoms with Crippen molar-refractivity contribution in [2.24, 2.45) is 0 Å². The van der Waals surface area contributed by atoms with Crippen LogP contribution < -0.4 is 10.6 Å². The van der Waals surface area contributed by atoms with Gasteiger partial charge in [0.1, 0.15) is 0 Å². The molecule has 6 nitrogen and oxygen atoms in total. The first-order valence-corrected chi connectivity index (χ1v) is 15.9. The summed E-state index contributed by atoms with van der Waals surface area (Å²) in [7, 11) is -3.66. The molecule has 0 radical (unpaired) electrons. The van der Waals surface area contributed by atoms with Crippen molar-refractivity contribution < 1.29 is 8.42 Å². The van der Waals surface area contributed by atoms with Crippen LogP contribution in [-0.2, 0) is 23.2 Å². The third-order valence-corrected chi connectivity index (χ3v) is 11.0. The van der Waals surface area contributed by atoms with E-state index in [9.17, 15) is 8.42 Å². The Morgan fingerprint density at radius 1 is 0.590 bits per heavy atom. The molecule has 2 N–H and O–H groups in total. The maximum Gasteiger partial charge on any atom is 0.206 e. The van der Waals surface area contributed by atoms with Crippen molar-refractivity contribution in [1.82, 2.24) is 9.13 Å². The minimum atomic E-state index is -3.66. The maximum absolute atomic E-state index is 13.3. The summed E-state index contributed by atoms with van der Waals surface area (Å²) in [5.74, 6) is 0. The summed E-state index contributed by atoms with van der Waals surface area (Å²) in [6.07, 6.45) is 0. The number of anilines is 2. The zero-order valence-corrected chi connectivity index (χ0v) is 24.5. The van der Waals surface area contributed by atoms with E-state index in [1.165, 1.54) is 0 Å². The van der Waals surface area contributed by atoms with Crippen molar-refractivity contribution in [2.45, 2.75) is 23.1 Å². The molecular formula is C28H22N4O2S5. The number of rotatable bonds is 8. The lowest BCUT2D eigenvalue weighted by Crippen LogP contribution is -2.08. The molecule has 39 heavy (non-hydrogen) atoms. The van der Waals surface area contributed by atoms with Crippen LogP contribution in [0.15, 0.2) is 107 Å². The maximum atomic E-state index is 13.3. The quantitative estimate of drug-likeness (QED) is 0.171. The third kappa shape index (κ3) is 5.15. The first-order valence-electron chi connectivity index (χ1n) is 12.0. The van der Waals surface area contributed by atoms with Crippen LogP contribution in [0, 0.1) is 7.91 Å². The van der Waals surface area contributed by atoms with Gasteiger partial charge in [0.25, 0.3) is 0 Å². The van der Waals surface area contributed by atoms with Crippen LogP contribution in [0.1, 0.15) is 0 Å². The van der Waals surface area contributed by atoms with Crippen LogP contribution in [0.4, 0.5) is 11.4 Å². The summed E-state index contributed by atoms with van der Waals surface area (Å²) >= 11 is 14.2. The van der Waals surface area contributed by atoms with E-state index in [1.54, 1.807) is 71.2 Å². The van der Waals surface area contributed by atoms with E-state index in [0.29, 0.717) is 13.3 Å². The Balaban J connectivity index is 1.13. The van der Waals surface area contributed by atoms with Crippen LogP contribution in [-0.4, -0.2) is 17.6 Å². The number of hydrogen-bond donors (Lipinski definition) is 2. The summed E-state index contributed by atoms with van der Waals surface area (Å²) in [6.45, 7) is 0.992. The molecule has 0 saturated carbocycles. The fraction of sp³-hybridized carbons (Fsp3) is 0.0714. The molecule has 0 spiro atoms. The second-order valence-electron chi connectivity index (χ2n) is 8.75. The molecule has 6 rings (SSSR count). The standard InChI is InChI=1S/C28H22N4O2S5/c33-39(34,21-13-9-19(10-14-21)29-17-31-23-5-1-3-7-25(23)37-27(31)35)22-15-11-20(12-16-22)30-18-32-24-6-2-4-8-26(24)38-28(32)36/h1-16,29-30H,17-18H2. The highest BCUT2D eigenvalue weighted by atomic mass is 32.2. The van der Waals surface area contributed by atoms with Crippen molar-refractivity contribution in [3.8, 4) is 0 Å². The lowest BCUT2D eigenvalue weighted by atomic mass is 10.3. The Kier molecular flexibility index (Phi) is 7.08. The molecule has 11 heteroatoms. The van der Waals surface area contributed by atoms with Crippen molar-refractivity contribution in [3.05, 3.63) is 105 Å². The monoisotopic (exact) mass is 606 g/mol. The highest BCUT2D eigenvalue weighted by Crippen LogP contribution is 2.26. The van der Waals surface area contributed by atoms with Crippen molar-refractivity contribution in [2.75, 3.05) is 10.6 Å². The molecular weight excluding hydrogens is 585 g/mol. The van der Waals surface area contributed by atoms with Gasteiger partial charge in [0, 0.05) is 11.4 Å². The van der Waals surface area contributed by atoms with Crippen LogP contribution >= 0.6 is 47.1 Å². The molecule has 0 aliphatic rings. The van der Waals surface area contributed by atoms with Gasteiger partial charge >= 0.3 is 0 Å². The lowest BCUT2D eigenvalue weighted by molar-refractivity contribution is 0.596. The summed E-state index contributed by atoms with van der Waals surface area (Å²) in [6, 6.07) is 29.7. The zero-order chi connectivity index (χ0) is 27.0. The molecule has 2 heterocycles. The fourth-order valence-corrected chi connectivity index (χ4v) is 8.21. The second kappa shape index (κ2) is 10.7. The molecule has 0 bridgehead atoms. The van der Waals surface area contributed by atoms with Crippen LogP contribution in [0.5, 0.6) is 0 Å². The average Bonchev–Trinajstić information content (AvgIpc) is 3.45. The van der Waals surface area contributed by atoms with Crippen molar-refractivity contribution in [3.63, 3.8) is 0 Å². The Morgan fingerprint density at radius 2 is 0.974 bits per heavy atom. The lowest BCUT2D eigenvalue weighted by Gasteiger charge is -2.11. The van der Waals surface area contributed by atoms with Crippen LogP contribution in [0.25, 0.3) is 20.4 Å². The number of aromatic nitrogens is 2. The minimum Gasteiger partial charge on any atom is -0.367 e. The average molecular weight is 607 g/mol. The number of thiazole rings is 2. The van der Waals surface area contributed by atoms with E-state index in [1.807, 2.05) is 45.5 Å². The number of para-hydroxylation sites is 2. The van der Waals surface area contributed by atoms with Gasteiger partial charge in [-0.2, -0.15) is 0 Å². The number of nitrogens with zero attached hydrogens (tertiary/aromatic N) is 2. The number of fused-ring (bicyclic) bond motifs is 2. The topological polar surface area (TPSA) is 68.1 Å². The Morgan fingerprint density at radius 3 is 1.38 bits per heavy atom. The highest BCUT2D eigenvalue weighted by Gasteiger charge is 2.17. The molecule has 0 amide bonds. The summed E-state index contributed by atoms with van der Waals surface area (Å²) in [5.41, 5.74) is 3.77. The summed E-state index contributed by atoms with van der Waals surface area (Å²) in [5, 5.41) is 6.68. The van der Waals surface area contributed by atoms with E-state index in [2.05, 4.69) is 22.8 Å². The Hall–Kier alpha value is -3.35. The van der Waals surface area contributed by atoms with Gasteiger partial charge in [0.15, 0.2) is 7.91 Å².